The van der Waals surface area contributed by atoms with Crippen LogP contribution in [-0.2, 0) is 23.9 Å². The van der Waals surface area contributed by atoms with Crippen molar-refractivity contribution in [1.82, 2.24) is 5.32 Å². The van der Waals surface area contributed by atoms with Crippen LogP contribution in [0.2, 0.25) is 0 Å². The van der Waals surface area contributed by atoms with Gasteiger partial charge in [-0.15, -0.1) is 0 Å². The summed E-state index contributed by atoms with van der Waals surface area (Å²) in [5.74, 6) is -1.04. The van der Waals surface area contributed by atoms with Gasteiger partial charge in [0.25, 0.3) is 0 Å². The van der Waals surface area contributed by atoms with Crippen LogP contribution >= 0.6 is 0 Å². The van der Waals surface area contributed by atoms with Crippen LogP contribution in [0.3, 0.4) is 0 Å². The molecule has 0 aromatic rings. The maximum Gasteiger partial charge on any atom is 0.306 e. The first kappa shape index (κ1) is 31.1. The highest BCUT2D eigenvalue weighted by Crippen LogP contribution is 2.15. The predicted octanol–water partition coefficient (Wildman–Crippen LogP) is 6.08. The van der Waals surface area contributed by atoms with Crippen molar-refractivity contribution < 1.29 is 29.0 Å². The Balaban J connectivity index is 0.00000123. The molecule has 0 bridgehead atoms. The summed E-state index contributed by atoms with van der Waals surface area (Å²) < 4.78 is 5.30. The van der Waals surface area contributed by atoms with Gasteiger partial charge in [0.05, 0.1) is 0 Å². The van der Waals surface area contributed by atoms with Gasteiger partial charge in [-0.1, -0.05) is 77.0 Å². The van der Waals surface area contributed by atoms with Crippen molar-refractivity contribution in [2.24, 2.45) is 0 Å². The molecule has 0 spiro atoms. The Kier molecular flexibility index (Phi) is 18.4. The Morgan fingerprint density at radius 3 is 1.30 bits per heavy atom. The van der Waals surface area contributed by atoms with Gasteiger partial charge in [0.2, 0.25) is 11.8 Å². The Morgan fingerprint density at radius 2 is 1.03 bits per heavy atom. The Bertz CT molecular complexity index is 554. The molecule has 0 atom stereocenters. The molecule has 2 amide bonds. The van der Waals surface area contributed by atoms with E-state index in [1.54, 1.807) is 0 Å². The molecule has 0 radical (unpaired) electrons. The van der Waals surface area contributed by atoms with E-state index in [1.165, 1.54) is 64.2 Å². The van der Waals surface area contributed by atoms with Gasteiger partial charge < -0.3 is 9.84 Å². The topological polar surface area (TPSA) is 110 Å². The third-order valence-electron chi connectivity index (χ3n) is 5.30. The van der Waals surface area contributed by atoms with E-state index in [4.69, 9.17) is 9.84 Å². The molecule has 0 saturated carbocycles. The lowest BCUT2D eigenvalue weighted by molar-refractivity contribution is -0.155. The zero-order valence-corrected chi connectivity index (χ0v) is 21.2. The van der Waals surface area contributed by atoms with E-state index in [9.17, 15) is 19.2 Å². The minimum atomic E-state index is -0.673. The Hall–Kier alpha value is -1.92. The number of aliphatic carboxylic acids is 1. The van der Waals surface area contributed by atoms with Crippen molar-refractivity contribution in [3.63, 3.8) is 0 Å². The van der Waals surface area contributed by atoms with Crippen molar-refractivity contribution in [2.75, 3.05) is 0 Å². The van der Waals surface area contributed by atoms with E-state index in [1.807, 2.05) is 20.8 Å². The number of nitrogens with one attached hydrogen (secondary N) is 1. The third-order valence-corrected chi connectivity index (χ3v) is 5.30. The molecule has 0 aromatic heterocycles. The van der Waals surface area contributed by atoms with Crippen LogP contribution in [0, 0.1) is 0 Å². The quantitative estimate of drug-likeness (QED) is 0.152. The van der Waals surface area contributed by atoms with E-state index in [0.29, 0.717) is 25.7 Å². The second kappa shape index (κ2) is 19.5. The number of amides is 2. The highest BCUT2D eigenvalue weighted by Gasteiger charge is 2.16. The zero-order chi connectivity index (χ0) is 25.0. The molecule has 1 saturated heterocycles. The molecule has 0 aromatic carbocycles. The summed E-state index contributed by atoms with van der Waals surface area (Å²) in [4.78, 5) is 42.2. The van der Waals surface area contributed by atoms with E-state index in [0.717, 1.165) is 25.7 Å². The summed E-state index contributed by atoms with van der Waals surface area (Å²) in [6.07, 6.45) is 18.4. The van der Waals surface area contributed by atoms with Gasteiger partial charge in [0.1, 0.15) is 5.60 Å². The maximum atomic E-state index is 11.6. The molecule has 7 nitrogen and oxygen atoms in total. The van der Waals surface area contributed by atoms with Crippen LogP contribution in [0.4, 0.5) is 0 Å². The molecule has 0 unspecified atom stereocenters. The number of imide groups is 1. The number of unbranched alkanes of at least 4 members (excludes halogenated alkanes) is 13. The van der Waals surface area contributed by atoms with Crippen molar-refractivity contribution >= 4 is 23.8 Å². The number of carbonyl (C=O) groups excluding carboxylic acids is 3. The largest absolute Gasteiger partial charge is 0.481 e. The number of carboxylic acids is 1. The second-order valence-electron chi connectivity index (χ2n) is 9.90. The van der Waals surface area contributed by atoms with Crippen LogP contribution in [0.5, 0.6) is 0 Å². The number of hydrogen-bond acceptors (Lipinski definition) is 5. The minimum absolute atomic E-state index is 0.0700. The van der Waals surface area contributed by atoms with Gasteiger partial charge in [-0.2, -0.15) is 0 Å². The smallest absolute Gasteiger partial charge is 0.306 e. The number of rotatable bonds is 17. The van der Waals surface area contributed by atoms with Gasteiger partial charge in [-0.05, 0) is 33.6 Å². The summed E-state index contributed by atoms with van der Waals surface area (Å²) in [5.41, 5.74) is -0.364. The predicted molar refractivity (Wildman–Crippen MR) is 130 cm³/mol. The van der Waals surface area contributed by atoms with Crippen molar-refractivity contribution in [3.05, 3.63) is 0 Å². The first-order chi connectivity index (χ1) is 15.6. The lowest BCUT2D eigenvalue weighted by Gasteiger charge is -2.19. The van der Waals surface area contributed by atoms with Gasteiger partial charge in [0.15, 0.2) is 0 Å². The second-order valence-corrected chi connectivity index (χ2v) is 9.90. The Morgan fingerprint density at radius 1 is 0.697 bits per heavy atom. The van der Waals surface area contributed by atoms with E-state index >= 15 is 0 Å². The van der Waals surface area contributed by atoms with Crippen molar-refractivity contribution in [3.8, 4) is 0 Å². The minimum Gasteiger partial charge on any atom is -0.481 e. The molecule has 0 aliphatic carbocycles. The number of esters is 1. The molecule has 33 heavy (non-hydrogen) atoms. The molecule has 7 heteroatoms. The van der Waals surface area contributed by atoms with Crippen molar-refractivity contribution in [1.29, 1.82) is 0 Å². The van der Waals surface area contributed by atoms with E-state index in [2.05, 4.69) is 5.32 Å². The van der Waals surface area contributed by atoms with Crippen LogP contribution in [0.15, 0.2) is 0 Å². The number of carbonyl (C=O) groups is 4. The lowest BCUT2D eigenvalue weighted by Crippen LogP contribution is -2.23. The molecular formula is C26H47NO6. The third kappa shape index (κ3) is 24.6. The summed E-state index contributed by atoms with van der Waals surface area (Å²) in [7, 11) is 0. The van der Waals surface area contributed by atoms with E-state index < -0.39 is 5.97 Å². The molecule has 2 N–H and O–H groups in total. The monoisotopic (exact) mass is 469 g/mol. The molecule has 1 heterocycles. The standard InChI is InChI=1S/C22H42O4.C4H5NO2/c1-22(2,3)26-21(25)19-17-15-13-11-9-7-5-4-6-8-10-12-14-16-18-20(23)24;6-3-1-2-4(7)5-3/h4-19H2,1-3H3,(H,23,24);1-2H2,(H,5,6,7). The fourth-order valence-corrected chi connectivity index (χ4v) is 3.57. The fourth-order valence-electron chi connectivity index (χ4n) is 3.57. The van der Waals surface area contributed by atoms with Gasteiger partial charge in [-0.25, -0.2) is 0 Å². The summed E-state index contributed by atoms with van der Waals surface area (Å²) in [6, 6.07) is 0. The fraction of sp³-hybridized carbons (Fsp3) is 0.846. The SMILES string of the molecule is CC(C)(C)OC(=O)CCCCCCCCCCCCCCCCC(=O)O.O=C1CCC(=O)N1. The molecule has 1 fully saturated rings. The summed E-state index contributed by atoms with van der Waals surface area (Å²) in [5, 5.41) is 10.7. The Labute approximate surface area is 200 Å². The lowest BCUT2D eigenvalue weighted by atomic mass is 10.0. The summed E-state index contributed by atoms with van der Waals surface area (Å²) in [6.45, 7) is 5.73. The average molecular weight is 470 g/mol. The average Bonchev–Trinajstić information content (AvgIpc) is 3.09. The van der Waals surface area contributed by atoms with Crippen LogP contribution in [0.25, 0.3) is 0 Å². The van der Waals surface area contributed by atoms with Crippen molar-refractivity contribution in [2.45, 2.75) is 142 Å². The van der Waals surface area contributed by atoms with Crippen LogP contribution in [-0.4, -0.2) is 34.5 Å². The molecule has 192 valence electrons. The normalized spacial score (nSPS) is 13.3. The first-order valence-electron chi connectivity index (χ1n) is 12.9. The molecule has 1 aliphatic rings. The zero-order valence-electron chi connectivity index (χ0n) is 21.2. The molecule has 1 rings (SSSR count). The van der Waals surface area contributed by atoms with Crippen LogP contribution in [0.1, 0.15) is 136 Å². The first-order valence-corrected chi connectivity index (χ1v) is 12.9. The van der Waals surface area contributed by atoms with Gasteiger partial charge in [0, 0.05) is 25.7 Å². The molecular weight excluding hydrogens is 422 g/mol. The highest BCUT2D eigenvalue weighted by molar-refractivity contribution is 6.01. The summed E-state index contributed by atoms with van der Waals surface area (Å²) >= 11 is 0. The van der Waals surface area contributed by atoms with Gasteiger partial charge in [-0.3, -0.25) is 24.5 Å². The highest BCUT2D eigenvalue weighted by atomic mass is 16.6. The van der Waals surface area contributed by atoms with Crippen LogP contribution < -0.4 is 5.32 Å². The molecule has 1 aliphatic heterocycles. The number of carboxylic acid groups (broad SMARTS) is 1. The number of hydrogen-bond donors (Lipinski definition) is 2. The van der Waals surface area contributed by atoms with Gasteiger partial charge >= 0.3 is 11.9 Å². The number of ether oxygens (including phenoxy) is 1. The maximum absolute atomic E-state index is 11.6. The van der Waals surface area contributed by atoms with E-state index in [-0.39, 0.29) is 23.4 Å².